The minimum Gasteiger partial charge on any atom is -0.359 e. The molecule has 2 N–H and O–H groups in total. The van der Waals surface area contributed by atoms with Crippen LogP contribution in [0.25, 0.3) is 0 Å². The molecular formula is C6H11N. The van der Waals surface area contributed by atoms with Crippen LogP contribution in [0.4, 0.5) is 0 Å². The van der Waals surface area contributed by atoms with Crippen molar-refractivity contribution in [2.45, 2.75) is 20.3 Å². The molecule has 0 aromatic rings. The second kappa shape index (κ2) is 3.55. The topological polar surface area (TPSA) is 26.0 Å². The van der Waals surface area contributed by atoms with Crippen molar-refractivity contribution in [3.05, 3.63) is 0 Å². The van der Waals surface area contributed by atoms with E-state index in [0.717, 1.165) is 6.42 Å². The molecule has 1 atom stereocenters. The lowest BCUT2D eigenvalue weighted by molar-refractivity contribution is 0.723. The molecule has 0 aliphatic carbocycles. The van der Waals surface area contributed by atoms with Gasteiger partial charge in [-0.2, -0.15) is 0 Å². The van der Waals surface area contributed by atoms with Gasteiger partial charge in [0.25, 0.3) is 0 Å². The number of nitrogens with two attached hydrogens (primary N) is 1. The van der Waals surface area contributed by atoms with Crippen LogP contribution in [0.1, 0.15) is 20.3 Å². The highest BCUT2D eigenvalue weighted by Crippen LogP contribution is 1.94. The van der Waals surface area contributed by atoms with Gasteiger partial charge in [0.2, 0.25) is 0 Å². The molecule has 0 fully saturated rings. The third-order valence-corrected chi connectivity index (χ3v) is 0.942. The van der Waals surface area contributed by atoms with Gasteiger partial charge in [-0.3, -0.25) is 0 Å². The maximum atomic E-state index is 4.94. The molecule has 0 aromatic carbocycles. The van der Waals surface area contributed by atoms with Crippen molar-refractivity contribution in [2.75, 3.05) is 0 Å². The lowest BCUT2D eigenvalue weighted by Crippen LogP contribution is -1.87. The first-order valence-electron chi connectivity index (χ1n) is 2.52. The highest BCUT2D eigenvalue weighted by molar-refractivity contribution is 4.97. The van der Waals surface area contributed by atoms with Gasteiger partial charge in [0.1, 0.15) is 0 Å². The highest BCUT2D eigenvalue weighted by Gasteiger charge is 1.86. The molecule has 0 unspecified atom stereocenters. The molecule has 0 aliphatic heterocycles. The van der Waals surface area contributed by atoms with Crippen molar-refractivity contribution in [3.8, 4) is 12.0 Å². The van der Waals surface area contributed by atoms with Gasteiger partial charge >= 0.3 is 0 Å². The van der Waals surface area contributed by atoms with Crippen molar-refractivity contribution in [3.63, 3.8) is 0 Å². The van der Waals surface area contributed by atoms with Crippen molar-refractivity contribution in [1.29, 1.82) is 0 Å². The van der Waals surface area contributed by atoms with Gasteiger partial charge in [-0.05, 0) is 6.42 Å². The van der Waals surface area contributed by atoms with E-state index in [1.165, 1.54) is 0 Å². The smallest absolute Gasteiger partial charge is 0.0190 e. The second-order valence-electron chi connectivity index (χ2n) is 1.60. The Morgan fingerprint density at radius 2 is 2.29 bits per heavy atom. The monoisotopic (exact) mass is 97.1 g/mol. The van der Waals surface area contributed by atoms with E-state index in [-0.39, 0.29) is 0 Å². The molecule has 0 rings (SSSR count). The Bertz CT molecular complexity index is 86.1. The predicted octanol–water partition coefficient (Wildman–Crippen LogP) is 0.952. The van der Waals surface area contributed by atoms with Crippen LogP contribution in [0, 0.1) is 17.9 Å². The second-order valence-corrected chi connectivity index (χ2v) is 1.60. The normalized spacial score (nSPS) is 11.7. The zero-order chi connectivity index (χ0) is 5.70. The van der Waals surface area contributed by atoms with Crippen molar-refractivity contribution in [2.24, 2.45) is 11.7 Å². The summed E-state index contributed by atoms with van der Waals surface area (Å²) in [6, 6.07) is 2.37. The number of hydrogen-bond donors (Lipinski definition) is 1. The summed E-state index contributed by atoms with van der Waals surface area (Å²) in [4.78, 5) is 0. The summed E-state index contributed by atoms with van der Waals surface area (Å²) in [5.74, 6) is 3.29. The van der Waals surface area contributed by atoms with Gasteiger partial charge in [-0.1, -0.05) is 19.8 Å². The first-order chi connectivity index (χ1) is 3.31. The van der Waals surface area contributed by atoms with Crippen LogP contribution in [0.3, 0.4) is 0 Å². The van der Waals surface area contributed by atoms with Gasteiger partial charge in [-0.25, -0.2) is 0 Å². The summed E-state index contributed by atoms with van der Waals surface area (Å²) >= 11 is 0. The quantitative estimate of drug-likeness (QED) is 0.382. The van der Waals surface area contributed by atoms with E-state index >= 15 is 0 Å². The fourth-order valence-electron chi connectivity index (χ4n) is 0.244. The number of rotatable bonds is 1. The molecule has 0 saturated heterocycles. The van der Waals surface area contributed by atoms with Crippen LogP contribution >= 0.6 is 0 Å². The van der Waals surface area contributed by atoms with E-state index in [1.807, 2.05) is 0 Å². The minimum atomic E-state index is 0.463. The largest absolute Gasteiger partial charge is 0.359 e. The Kier molecular flexibility index (Phi) is 3.22. The maximum absolute atomic E-state index is 4.94. The van der Waals surface area contributed by atoms with Crippen molar-refractivity contribution < 1.29 is 0 Å². The first-order valence-corrected chi connectivity index (χ1v) is 2.52. The predicted molar refractivity (Wildman–Crippen MR) is 31.4 cm³/mol. The van der Waals surface area contributed by atoms with Gasteiger partial charge in [-0.15, -0.1) is 0 Å². The molecule has 1 nitrogen and oxygen atoms in total. The van der Waals surface area contributed by atoms with E-state index in [9.17, 15) is 0 Å². The summed E-state index contributed by atoms with van der Waals surface area (Å²) in [7, 11) is 0. The fourth-order valence-corrected chi connectivity index (χ4v) is 0.244. The summed E-state index contributed by atoms with van der Waals surface area (Å²) in [6.45, 7) is 4.15. The minimum absolute atomic E-state index is 0.463. The van der Waals surface area contributed by atoms with Gasteiger partial charge in [0.05, 0.1) is 0 Å². The molecule has 0 radical (unpaired) electrons. The van der Waals surface area contributed by atoms with Crippen LogP contribution in [-0.2, 0) is 0 Å². The zero-order valence-electron chi connectivity index (χ0n) is 4.86. The maximum Gasteiger partial charge on any atom is 0.0190 e. The molecule has 1 heteroatoms. The highest BCUT2D eigenvalue weighted by atomic mass is 14.5. The van der Waals surface area contributed by atoms with Crippen LogP contribution in [0.15, 0.2) is 0 Å². The standard InChI is InChI=1S/C6H11N/c1-3-6(2)4-5-7/h6H,3,7H2,1-2H3/t6-/m0/s1. The summed E-state index contributed by atoms with van der Waals surface area (Å²) in [6.07, 6.45) is 1.09. The average molecular weight is 97.2 g/mol. The third kappa shape index (κ3) is 3.18. The van der Waals surface area contributed by atoms with E-state index in [0.29, 0.717) is 5.92 Å². The SMILES string of the molecule is CC[C@H](C)C#CN. The molecule has 0 bridgehead atoms. The van der Waals surface area contributed by atoms with Gasteiger partial charge < -0.3 is 5.73 Å². The number of hydrogen-bond acceptors (Lipinski definition) is 1. The molecule has 0 heterocycles. The molecule has 40 valence electrons. The van der Waals surface area contributed by atoms with Crippen molar-refractivity contribution in [1.82, 2.24) is 0 Å². The van der Waals surface area contributed by atoms with Crippen molar-refractivity contribution >= 4 is 0 Å². The van der Waals surface area contributed by atoms with E-state index in [2.05, 4.69) is 25.8 Å². The molecule has 0 aliphatic rings. The zero-order valence-corrected chi connectivity index (χ0v) is 4.86. The Hall–Kier alpha value is -0.640. The lowest BCUT2D eigenvalue weighted by atomic mass is 10.1. The first kappa shape index (κ1) is 6.36. The molecule has 0 amide bonds. The molecule has 7 heavy (non-hydrogen) atoms. The van der Waals surface area contributed by atoms with Crippen LogP contribution in [-0.4, -0.2) is 0 Å². The summed E-state index contributed by atoms with van der Waals surface area (Å²) < 4.78 is 0. The molecular weight excluding hydrogens is 86.1 g/mol. The summed E-state index contributed by atoms with van der Waals surface area (Å²) in [5, 5.41) is 0. The summed E-state index contributed by atoms with van der Waals surface area (Å²) in [5.41, 5.74) is 4.94. The Morgan fingerprint density at radius 1 is 1.71 bits per heavy atom. The Labute approximate surface area is 44.9 Å². The molecule has 0 spiro atoms. The van der Waals surface area contributed by atoms with E-state index in [1.54, 1.807) is 0 Å². The third-order valence-electron chi connectivity index (χ3n) is 0.942. The molecule has 0 saturated carbocycles. The fraction of sp³-hybridized carbons (Fsp3) is 0.667. The van der Waals surface area contributed by atoms with Gasteiger partial charge in [0, 0.05) is 12.0 Å². The Morgan fingerprint density at radius 3 is 2.43 bits per heavy atom. The van der Waals surface area contributed by atoms with Crippen LogP contribution in [0.5, 0.6) is 0 Å². The molecule has 0 aromatic heterocycles. The average Bonchev–Trinajstić information content (AvgIpc) is 1.68. The van der Waals surface area contributed by atoms with E-state index < -0.39 is 0 Å². The van der Waals surface area contributed by atoms with E-state index in [4.69, 9.17) is 5.73 Å². The Balaban J connectivity index is 3.29. The van der Waals surface area contributed by atoms with Gasteiger partial charge in [0.15, 0.2) is 0 Å². The lowest BCUT2D eigenvalue weighted by Gasteiger charge is -1.91. The van der Waals surface area contributed by atoms with Crippen LogP contribution in [0.2, 0.25) is 0 Å². The van der Waals surface area contributed by atoms with Crippen LogP contribution < -0.4 is 5.73 Å².